The quantitative estimate of drug-likeness (QED) is 0.710. The van der Waals surface area contributed by atoms with Crippen LogP contribution in [-0.4, -0.2) is 11.5 Å². The Morgan fingerprint density at radius 3 is 2.95 bits per heavy atom. The highest BCUT2D eigenvalue weighted by Gasteiger charge is 2.14. The van der Waals surface area contributed by atoms with Crippen molar-refractivity contribution in [2.24, 2.45) is 0 Å². The molecule has 98 valence electrons. The number of hydrogen-bond donors (Lipinski definition) is 1. The molecule has 2 nitrogen and oxygen atoms in total. The number of aromatic nitrogens is 1. The van der Waals surface area contributed by atoms with Gasteiger partial charge in [0.25, 0.3) is 0 Å². The lowest BCUT2D eigenvalue weighted by atomic mass is 9.96. The Bertz CT molecular complexity index is 806. The van der Waals surface area contributed by atoms with Gasteiger partial charge in [-0.25, -0.2) is 0 Å². The van der Waals surface area contributed by atoms with E-state index in [1.807, 2.05) is 6.92 Å². The number of nitrogens with zero attached hydrogens (tertiary/aromatic N) is 1. The van der Waals surface area contributed by atoms with Gasteiger partial charge in [0, 0.05) is 23.3 Å². The Hall–Kier alpha value is -2.35. The predicted molar refractivity (Wildman–Crippen MR) is 84.1 cm³/mol. The van der Waals surface area contributed by atoms with Crippen LogP contribution < -0.4 is 5.32 Å². The predicted octanol–water partition coefficient (Wildman–Crippen LogP) is 4.18. The minimum atomic E-state index is 1.04. The average Bonchev–Trinajstić information content (AvgIpc) is 2.95. The van der Waals surface area contributed by atoms with Crippen molar-refractivity contribution >= 4 is 16.6 Å². The van der Waals surface area contributed by atoms with E-state index in [9.17, 15) is 0 Å². The van der Waals surface area contributed by atoms with Gasteiger partial charge in [0.2, 0.25) is 0 Å². The summed E-state index contributed by atoms with van der Waals surface area (Å²) in [6, 6.07) is 17.3. The average molecular weight is 260 g/mol. The van der Waals surface area contributed by atoms with E-state index in [0.29, 0.717) is 0 Å². The minimum Gasteiger partial charge on any atom is -0.384 e. The summed E-state index contributed by atoms with van der Waals surface area (Å²) in [6.07, 6.45) is 1.11. The fourth-order valence-electron chi connectivity index (χ4n) is 3.01. The van der Waals surface area contributed by atoms with Crippen LogP contribution >= 0.6 is 0 Å². The van der Waals surface area contributed by atoms with Crippen molar-refractivity contribution in [2.45, 2.75) is 13.3 Å². The van der Waals surface area contributed by atoms with Gasteiger partial charge in [-0.15, -0.1) is 0 Å². The summed E-state index contributed by atoms with van der Waals surface area (Å²) in [5, 5.41) is 4.65. The topological polar surface area (TPSA) is 24.9 Å². The Morgan fingerprint density at radius 1 is 1.05 bits per heavy atom. The largest absolute Gasteiger partial charge is 0.384 e. The number of nitrogens with one attached hydrogen (secondary N) is 1. The van der Waals surface area contributed by atoms with Crippen molar-refractivity contribution in [3.05, 3.63) is 59.8 Å². The molecule has 0 saturated heterocycles. The molecule has 0 radical (unpaired) electrons. The molecule has 1 N–H and O–H groups in total. The third-order valence-corrected chi connectivity index (χ3v) is 4.01. The SMILES string of the molecule is Cc1ccc2cc(-c3cccc4c3CCN4)ccc2n1. The van der Waals surface area contributed by atoms with Crippen LogP contribution in [0.5, 0.6) is 0 Å². The number of rotatable bonds is 1. The molecule has 0 saturated carbocycles. The molecule has 0 atom stereocenters. The maximum absolute atomic E-state index is 4.57. The van der Waals surface area contributed by atoms with Crippen LogP contribution in [0.4, 0.5) is 5.69 Å². The van der Waals surface area contributed by atoms with Gasteiger partial charge in [-0.3, -0.25) is 4.98 Å². The molecular weight excluding hydrogens is 244 g/mol. The number of fused-ring (bicyclic) bond motifs is 2. The minimum absolute atomic E-state index is 1.04. The first-order chi connectivity index (χ1) is 9.81. The van der Waals surface area contributed by atoms with Crippen LogP contribution in [0.3, 0.4) is 0 Å². The maximum atomic E-state index is 4.57. The molecule has 1 aliphatic rings. The molecule has 1 aromatic heterocycles. The lowest BCUT2D eigenvalue weighted by molar-refractivity contribution is 1.11. The molecule has 0 amide bonds. The van der Waals surface area contributed by atoms with Crippen molar-refractivity contribution < 1.29 is 0 Å². The van der Waals surface area contributed by atoms with Crippen LogP contribution in [0.1, 0.15) is 11.3 Å². The van der Waals surface area contributed by atoms with Crippen LogP contribution in [0.25, 0.3) is 22.0 Å². The second kappa shape index (κ2) is 4.34. The molecule has 0 aliphatic carbocycles. The highest BCUT2D eigenvalue weighted by molar-refractivity contribution is 5.86. The molecule has 20 heavy (non-hydrogen) atoms. The number of anilines is 1. The van der Waals surface area contributed by atoms with E-state index < -0.39 is 0 Å². The molecule has 0 spiro atoms. The van der Waals surface area contributed by atoms with Gasteiger partial charge in [-0.05, 0) is 54.3 Å². The number of aryl methyl sites for hydroxylation is 1. The van der Waals surface area contributed by atoms with Crippen LogP contribution in [-0.2, 0) is 6.42 Å². The Labute approximate surface area is 118 Å². The monoisotopic (exact) mass is 260 g/mol. The van der Waals surface area contributed by atoms with E-state index in [1.54, 1.807) is 0 Å². The summed E-state index contributed by atoms with van der Waals surface area (Å²) in [7, 11) is 0. The van der Waals surface area contributed by atoms with Gasteiger partial charge in [-0.2, -0.15) is 0 Å². The van der Waals surface area contributed by atoms with Crippen LogP contribution in [0, 0.1) is 6.92 Å². The van der Waals surface area contributed by atoms with Gasteiger partial charge in [0.15, 0.2) is 0 Å². The Kier molecular flexibility index (Phi) is 2.49. The first-order valence-electron chi connectivity index (χ1n) is 7.05. The summed E-state index contributed by atoms with van der Waals surface area (Å²) < 4.78 is 0. The van der Waals surface area contributed by atoms with Gasteiger partial charge in [0.1, 0.15) is 0 Å². The van der Waals surface area contributed by atoms with Crippen molar-refractivity contribution in [2.75, 3.05) is 11.9 Å². The number of hydrogen-bond acceptors (Lipinski definition) is 2. The van der Waals surface area contributed by atoms with Gasteiger partial charge in [-0.1, -0.05) is 24.3 Å². The Balaban J connectivity index is 1.91. The zero-order valence-electron chi connectivity index (χ0n) is 11.5. The van der Waals surface area contributed by atoms with Gasteiger partial charge < -0.3 is 5.32 Å². The molecule has 0 fully saturated rings. The lowest BCUT2D eigenvalue weighted by Gasteiger charge is -2.09. The van der Waals surface area contributed by atoms with E-state index in [4.69, 9.17) is 0 Å². The van der Waals surface area contributed by atoms with Crippen LogP contribution in [0.2, 0.25) is 0 Å². The van der Waals surface area contributed by atoms with Crippen LogP contribution in [0.15, 0.2) is 48.5 Å². The molecule has 2 heterocycles. The second-order valence-corrected chi connectivity index (χ2v) is 5.37. The van der Waals surface area contributed by atoms with E-state index >= 15 is 0 Å². The second-order valence-electron chi connectivity index (χ2n) is 5.37. The highest BCUT2D eigenvalue weighted by Crippen LogP contribution is 2.33. The first-order valence-corrected chi connectivity index (χ1v) is 7.05. The standard InChI is InChI=1S/C18H16N2/c1-12-5-6-14-11-13(7-8-17(14)20-12)15-3-2-4-18-16(15)9-10-19-18/h2-8,11,19H,9-10H2,1H3. The normalized spacial score (nSPS) is 13.2. The Morgan fingerprint density at radius 2 is 2.00 bits per heavy atom. The highest BCUT2D eigenvalue weighted by atomic mass is 14.9. The summed E-state index contributed by atoms with van der Waals surface area (Å²) in [6.45, 7) is 3.07. The van der Waals surface area contributed by atoms with E-state index in [0.717, 1.165) is 24.2 Å². The third-order valence-electron chi connectivity index (χ3n) is 4.01. The molecule has 3 aromatic rings. The smallest absolute Gasteiger partial charge is 0.0705 e. The van der Waals surface area contributed by atoms with Gasteiger partial charge in [0.05, 0.1) is 5.52 Å². The summed E-state index contributed by atoms with van der Waals surface area (Å²) in [5.74, 6) is 0. The van der Waals surface area contributed by atoms with E-state index in [2.05, 4.69) is 58.8 Å². The van der Waals surface area contributed by atoms with E-state index in [-0.39, 0.29) is 0 Å². The summed E-state index contributed by atoms with van der Waals surface area (Å²) in [5.41, 5.74) is 7.48. The first kappa shape index (κ1) is 11.5. The molecule has 2 heteroatoms. The summed E-state index contributed by atoms with van der Waals surface area (Å²) in [4.78, 5) is 4.57. The fourth-order valence-corrected chi connectivity index (χ4v) is 3.01. The maximum Gasteiger partial charge on any atom is 0.0705 e. The molecule has 4 rings (SSSR count). The third kappa shape index (κ3) is 1.76. The fraction of sp³-hybridized carbons (Fsp3) is 0.167. The molecular formula is C18H16N2. The number of benzene rings is 2. The van der Waals surface area contributed by atoms with Crippen molar-refractivity contribution in [3.8, 4) is 11.1 Å². The zero-order valence-corrected chi connectivity index (χ0v) is 11.5. The van der Waals surface area contributed by atoms with Crippen molar-refractivity contribution in [1.82, 2.24) is 4.98 Å². The molecule has 0 bridgehead atoms. The molecule has 1 aliphatic heterocycles. The zero-order chi connectivity index (χ0) is 13.5. The van der Waals surface area contributed by atoms with Gasteiger partial charge >= 0.3 is 0 Å². The van der Waals surface area contributed by atoms with Crippen molar-refractivity contribution in [1.29, 1.82) is 0 Å². The van der Waals surface area contributed by atoms with E-state index in [1.165, 1.54) is 27.8 Å². The molecule has 0 unspecified atom stereocenters. The molecule has 2 aromatic carbocycles. The number of pyridine rings is 1. The van der Waals surface area contributed by atoms with Crippen molar-refractivity contribution in [3.63, 3.8) is 0 Å². The lowest BCUT2D eigenvalue weighted by Crippen LogP contribution is -1.90. The summed E-state index contributed by atoms with van der Waals surface area (Å²) >= 11 is 0.